The summed E-state index contributed by atoms with van der Waals surface area (Å²) in [5.74, 6) is 0.0433. The van der Waals surface area contributed by atoms with Crippen LogP contribution in [0.4, 0.5) is 0 Å². The normalized spacial score (nSPS) is 18.9. The summed E-state index contributed by atoms with van der Waals surface area (Å²) in [4.78, 5) is 16.8. The van der Waals surface area contributed by atoms with Gasteiger partial charge in [0.15, 0.2) is 0 Å². The van der Waals surface area contributed by atoms with Gasteiger partial charge in [0.25, 0.3) is 0 Å². The van der Waals surface area contributed by atoms with E-state index in [1.165, 1.54) is 0 Å². The van der Waals surface area contributed by atoms with Crippen LogP contribution < -0.4 is 5.73 Å². The molecule has 4 nitrogen and oxygen atoms in total. The van der Waals surface area contributed by atoms with Crippen LogP contribution in [-0.2, 0) is 4.79 Å². The van der Waals surface area contributed by atoms with E-state index in [-0.39, 0.29) is 5.91 Å². The third-order valence-electron chi connectivity index (χ3n) is 4.00. The molecule has 0 spiro atoms. The van der Waals surface area contributed by atoms with Crippen LogP contribution in [0.15, 0.2) is 30.3 Å². The maximum atomic E-state index is 12.5. The monoisotopic (exact) mass is 275 g/mol. The second-order valence-corrected chi connectivity index (χ2v) is 5.70. The quantitative estimate of drug-likeness (QED) is 0.912. The molecule has 110 valence electrons. The Morgan fingerprint density at radius 3 is 2.45 bits per heavy atom. The maximum absolute atomic E-state index is 12.5. The zero-order chi connectivity index (χ0) is 14.5. The summed E-state index contributed by atoms with van der Waals surface area (Å²) in [6.07, 6.45) is 1.02. The molecule has 1 fully saturated rings. The van der Waals surface area contributed by atoms with E-state index in [0.717, 1.165) is 38.2 Å². The minimum Gasteiger partial charge on any atom is -0.340 e. The van der Waals surface area contributed by atoms with Crippen molar-refractivity contribution in [2.45, 2.75) is 32.4 Å². The van der Waals surface area contributed by atoms with Gasteiger partial charge >= 0.3 is 0 Å². The highest BCUT2D eigenvalue weighted by molar-refractivity contribution is 5.83. The molecule has 2 rings (SSSR count). The van der Waals surface area contributed by atoms with Crippen LogP contribution in [-0.4, -0.2) is 47.9 Å². The first-order valence-electron chi connectivity index (χ1n) is 7.43. The van der Waals surface area contributed by atoms with Crippen molar-refractivity contribution in [3.63, 3.8) is 0 Å². The second-order valence-electron chi connectivity index (χ2n) is 5.70. The van der Waals surface area contributed by atoms with Gasteiger partial charge in [0.2, 0.25) is 5.91 Å². The number of hydrogen-bond donors (Lipinski definition) is 1. The van der Waals surface area contributed by atoms with Crippen LogP contribution in [0.1, 0.15) is 31.9 Å². The third-order valence-corrected chi connectivity index (χ3v) is 4.00. The van der Waals surface area contributed by atoms with Gasteiger partial charge in [0, 0.05) is 32.2 Å². The summed E-state index contributed by atoms with van der Waals surface area (Å²) in [5, 5.41) is 0. The Balaban J connectivity index is 1.99. The van der Waals surface area contributed by atoms with Crippen molar-refractivity contribution in [2.75, 3.05) is 26.2 Å². The van der Waals surface area contributed by atoms with E-state index in [1.54, 1.807) is 0 Å². The van der Waals surface area contributed by atoms with Gasteiger partial charge in [-0.15, -0.1) is 0 Å². The number of hydrogen-bond acceptors (Lipinski definition) is 3. The van der Waals surface area contributed by atoms with Crippen molar-refractivity contribution in [1.82, 2.24) is 9.80 Å². The fourth-order valence-corrected chi connectivity index (χ4v) is 2.67. The number of benzene rings is 1. The molecule has 2 N–H and O–H groups in total. The van der Waals surface area contributed by atoms with Gasteiger partial charge in [-0.3, -0.25) is 9.69 Å². The summed E-state index contributed by atoms with van der Waals surface area (Å²) in [6.45, 7) is 7.98. The van der Waals surface area contributed by atoms with Gasteiger partial charge in [-0.25, -0.2) is 0 Å². The van der Waals surface area contributed by atoms with Gasteiger partial charge in [-0.05, 0) is 25.8 Å². The summed E-state index contributed by atoms with van der Waals surface area (Å²) in [5.41, 5.74) is 7.00. The molecule has 0 aliphatic carbocycles. The molecule has 1 aromatic rings. The lowest BCUT2D eigenvalue weighted by Crippen LogP contribution is -2.41. The Labute approximate surface area is 121 Å². The second kappa shape index (κ2) is 6.86. The fraction of sp³-hybridized carbons (Fsp3) is 0.562. The topological polar surface area (TPSA) is 49.6 Å². The number of carbonyl (C=O) groups is 1. The molecule has 4 heteroatoms. The summed E-state index contributed by atoms with van der Waals surface area (Å²) in [6, 6.07) is 9.61. The zero-order valence-corrected chi connectivity index (χ0v) is 12.5. The van der Waals surface area contributed by atoms with Crippen LogP contribution in [0.25, 0.3) is 0 Å². The summed E-state index contributed by atoms with van der Waals surface area (Å²) < 4.78 is 0. The molecule has 1 amide bonds. The number of amides is 1. The third kappa shape index (κ3) is 3.58. The predicted molar refractivity (Wildman–Crippen MR) is 81.3 cm³/mol. The molecule has 1 aliphatic rings. The molecule has 0 aromatic heterocycles. The molecule has 0 radical (unpaired) electrons. The van der Waals surface area contributed by atoms with E-state index in [0.29, 0.717) is 6.04 Å². The molecule has 1 aromatic carbocycles. The Morgan fingerprint density at radius 1 is 1.10 bits per heavy atom. The molecule has 1 atom stereocenters. The van der Waals surface area contributed by atoms with Crippen molar-refractivity contribution in [3.05, 3.63) is 35.9 Å². The SMILES string of the molecule is CC(C)N1CCCN(C(=O)[C@@H](N)c2ccccc2)CC1. The first-order chi connectivity index (χ1) is 9.59. The van der Waals surface area contributed by atoms with Crippen molar-refractivity contribution in [3.8, 4) is 0 Å². The Morgan fingerprint density at radius 2 is 1.80 bits per heavy atom. The molecule has 0 bridgehead atoms. The highest BCUT2D eigenvalue weighted by atomic mass is 16.2. The van der Waals surface area contributed by atoms with Gasteiger partial charge < -0.3 is 10.6 Å². The predicted octanol–water partition coefficient (Wildman–Crippen LogP) is 1.63. The Hall–Kier alpha value is -1.39. The van der Waals surface area contributed by atoms with Crippen LogP contribution >= 0.6 is 0 Å². The fourth-order valence-electron chi connectivity index (χ4n) is 2.67. The molecular weight excluding hydrogens is 250 g/mol. The lowest BCUT2D eigenvalue weighted by Gasteiger charge is -2.26. The zero-order valence-electron chi connectivity index (χ0n) is 12.5. The van der Waals surface area contributed by atoms with Crippen LogP contribution in [0, 0.1) is 0 Å². The Kier molecular flexibility index (Phi) is 5.15. The number of rotatable bonds is 3. The van der Waals surface area contributed by atoms with E-state index in [4.69, 9.17) is 5.73 Å². The average Bonchev–Trinajstić information content (AvgIpc) is 2.72. The van der Waals surface area contributed by atoms with E-state index in [9.17, 15) is 4.79 Å². The molecule has 1 saturated heterocycles. The van der Waals surface area contributed by atoms with E-state index in [2.05, 4.69) is 18.7 Å². The van der Waals surface area contributed by atoms with Crippen LogP contribution in [0.3, 0.4) is 0 Å². The Bertz CT molecular complexity index is 433. The molecule has 1 heterocycles. The van der Waals surface area contributed by atoms with Gasteiger partial charge in [0.05, 0.1) is 0 Å². The lowest BCUT2D eigenvalue weighted by atomic mass is 10.1. The summed E-state index contributed by atoms with van der Waals surface area (Å²) in [7, 11) is 0. The van der Waals surface area contributed by atoms with Crippen molar-refractivity contribution >= 4 is 5.91 Å². The first-order valence-corrected chi connectivity index (χ1v) is 7.43. The van der Waals surface area contributed by atoms with Crippen LogP contribution in [0.2, 0.25) is 0 Å². The van der Waals surface area contributed by atoms with Crippen molar-refractivity contribution in [2.24, 2.45) is 5.73 Å². The molecule has 0 saturated carbocycles. The molecular formula is C16H25N3O. The minimum absolute atomic E-state index is 0.0433. The van der Waals surface area contributed by atoms with Crippen molar-refractivity contribution < 1.29 is 4.79 Å². The number of carbonyl (C=O) groups excluding carboxylic acids is 1. The first kappa shape index (κ1) is 15.0. The maximum Gasteiger partial charge on any atom is 0.244 e. The van der Waals surface area contributed by atoms with E-state index >= 15 is 0 Å². The van der Waals surface area contributed by atoms with Crippen LogP contribution in [0.5, 0.6) is 0 Å². The highest BCUT2D eigenvalue weighted by Crippen LogP contribution is 2.15. The van der Waals surface area contributed by atoms with E-state index < -0.39 is 6.04 Å². The van der Waals surface area contributed by atoms with Gasteiger partial charge in [-0.2, -0.15) is 0 Å². The van der Waals surface area contributed by atoms with Crippen molar-refractivity contribution in [1.29, 1.82) is 0 Å². The standard InChI is InChI=1S/C16H25N3O/c1-13(2)18-9-6-10-19(12-11-18)16(20)15(17)14-7-4-3-5-8-14/h3-5,7-8,13,15H,6,9-12,17H2,1-2H3/t15-/m0/s1. The van der Waals surface area contributed by atoms with E-state index in [1.807, 2.05) is 35.2 Å². The molecule has 0 unspecified atom stereocenters. The minimum atomic E-state index is -0.540. The number of nitrogens with zero attached hydrogens (tertiary/aromatic N) is 2. The van der Waals surface area contributed by atoms with Gasteiger partial charge in [0.1, 0.15) is 6.04 Å². The highest BCUT2D eigenvalue weighted by Gasteiger charge is 2.25. The van der Waals surface area contributed by atoms with Gasteiger partial charge in [-0.1, -0.05) is 30.3 Å². The summed E-state index contributed by atoms with van der Waals surface area (Å²) >= 11 is 0. The lowest BCUT2D eigenvalue weighted by molar-refractivity contribution is -0.132. The molecule has 1 aliphatic heterocycles. The number of nitrogens with two attached hydrogens (primary N) is 1. The largest absolute Gasteiger partial charge is 0.340 e. The average molecular weight is 275 g/mol. The molecule has 20 heavy (non-hydrogen) atoms. The smallest absolute Gasteiger partial charge is 0.244 e.